The fourth-order valence-electron chi connectivity index (χ4n) is 3.10. The van der Waals surface area contributed by atoms with Gasteiger partial charge in [0.05, 0.1) is 12.5 Å². The second-order valence-corrected chi connectivity index (χ2v) is 5.46. The Morgan fingerprint density at radius 1 is 1.40 bits per heavy atom. The molecule has 2 N–H and O–H groups in total. The third kappa shape index (κ3) is 2.40. The molecule has 1 amide bonds. The van der Waals surface area contributed by atoms with Crippen LogP contribution in [-0.4, -0.2) is 37.0 Å². The number of methoxy groups -OCH3 is 1. The van der Waals surface area contributed by atoms with Crippen molar-refractivity contribution in [2.75, 3.05) is 20.2 Å². The van der Waals surface area contributed by atoms with Gasteiger partial charge in [0.1, 0.15) is 5.75 Å². The van der Waals surface area contributed by atoms with Crippen LogP contribution >= 0.6 is 0 Å². The van der Waals surface area contributed by atoms with Gasteiger partial charge in [0.2, 0.25) is 5.91 Å². The van der Waals surface area contributed by atoms with Crippen molar-refractivity contribution in [3.8, 4) is 5.75 Å². The van der Waals surface area contributed by atoms with E-state index < -0.39 is 5.41 Å². The van der Waals surface area contributed by atoms with Gasteiger partial charge in [-0.3, -0.25) is 4.79 Å². The largest absolute Gasteiger partial charge is 0.497 e. The molecule has 0 bridgehead atoms. The Balaban J connectivity index is 2.37. The van der Waals surface area contributed by atoms with Crippen molar-refractivity contribution in [2.45, 2.75) is 38.1 Å². The van der Waals surface area contributed by atoms with Gasteiger partial charge in [0.25, 0.3) is 0 Å². The van der Waals surface area contributed by atoms with Gasteiger partial charge in [-0.15, -0.1) is 0 Å². The molecule has 0 unspecified atom stereocenters. The summed E-state index contributed by atoms with van der Waals surface area (Å²) in [5.74, 6) is 0.979. The third-order valence-electron chi connectivity index (χ3n) is 4.30. The topological polar surface area (TPSA) is 55.6 Å². The van der Waals surface area contributed by atoms with Crippen LogP contribution < -0.4 is 10.5 Å². The van der Waals surface area contributed by atoms with Gasteiger partial charge in [-0.05, 0) is 44.4 Å². The summed E-state index contributed by atoms with van der Waals surface area (Å²) in [5.41, 5.74) is 6.55. The van der Waals surface area contributed by atoms with E-state index in [0.29, 0.717) is 0 Å². The Morgan fingerprint density at radius 3 is 2.55 bits per heavy atom. The van der Waals surface area contributed by atoms with Crippen molar-refractivity contribution in [2.24, 2.45) is 5.73 Å². The highest BCUT2D eigenvalue weighted by molar-refractivity contribution is 5.89. The van der Waals surface area contributed by atoms with Crippen LogP contribution in [0.4, 0.5) is 0 Å². The molecule has 1 fully saturated rings. The summed E-state index contributed by atoms with van der Waals surface area (Å²) in [6, 6.07) is 7.93. The van der Waals surface area contributed by atoms with Gasteiger partial charge in [0, 0.05) is 19.1 Å². The number of hydrogen-bond donors (Lipinski definition) is 1. The summed E-state index contributed by atoms with van der Waals surface area (Å²) in [6.45, 7) is 5.49. The van der Waals surface area contributed by atoms with E-state index in [1.54, 1.807) is 7.11 Å². The molecule has 1 saturated carbocycles. The minimum Gasteiger partial charge on any atom is -0.497 e. The molecule has 2 rings (SSSR count). The fourth-order valence-corrected chi connectivity index (χ4v) is 3.10. The highest BCUT2D eigenvalue weighted by Crippen LogP contribution is 2.45. The highest BCUT2D eigenvalue weighted by Gasteiger charge is 2.51. The number of amides is 1. The second kappa shape index (κ2) is 5.83. The number of ether oxygens (including phenoxy) is 1. The SMILES string of the molecule is CCN(CC)C(=O)C1(c2cccc(OC)c2)CC(N)C1. The molecule has 0 spiro atoms. The number of hydrogen-bond acceptors (Lipinski definition) is 3. The monoisotopic (exact) mass is 276 g/mol. The van der Waals surface area contributed by atoms with E-state index in [-0.39, 0.29) is 11.9 Å². The lowest BCUT2D eigenvalue weighted by Crippen LogP contribution is -2.58. The molecule has 4 heteroatoms. The van der Waals surface area contributed by atoms with Crippen molar-refractivity contribution in [1.82, 2.24) is 4.90 Å². The lowest BCUT2D eigenvalue weighted by atomic mass is 9.61. The predicted octanol–water partition coefficient (Wildman–Crippen LogP) is 1.92. The summed E-state index contributed by atoms with van der Waals surface area (Å²) in [5, 5.41) is 0. The molecule has 1 aliphatic carbocycles. The molecule has 0 aromatic heterocycles. The summed E-state index contributed by atoms with van der Waals surface area (Å²) in [4.78, 5) is 14.8. The first-order valence-electron chi connectivity index (χ1n) is 7.27. The summed E-state index contributed by atoms with van der Waals surface area (Å²) < 4.78 is 5.28. The molecule has 1 aromatic rings. The molecule has 1 aromatic carbocycles. The zero-order valence-electron chi connectivity index (χ0n) is 12.6. The lowest BCUT2D eigenvalue weighted by Gasteiger charge is -2.47. The summed E-state index contributed by atoms with van der Waals surface area (Å²) in [6.07, 6.45) is 1.44. The van der Waals surface area contributed by atoms with Crippen molar-refractivity contribution < 1.29 is 9.53 Å². The first-order valence-corrected chi connectivity index (χ1v) is 7.27. The Labute approximate surface area is 120 Å². The van der Waals surface area contributed by atoms with Crippen LogP contribution in [0.1, 0.15) is 32.3 Å². The number of nitrogens with zero attached hydrogens (tertiary/aromatic N) is 1. The van der Waals surface area contributed by atoms with E-state index in [0.717, 1.165) is 37.2 Å². The molecule has 110 valence electrons. The maximum absolute atomic E-state index is 12.9. The zero-order valence-corrected chi connectivity index (χ0v) is 12.6. The normalized spacial score (nSPS) is 24.9. The number of likely N-dealkylation sites (N-methyl/N-ethyl adjacent to an activating group) is 1. The smallest absolute Gasteiger partial charge is 0.233 e. The lowest BCUT2D eigenvalue weighted by molar-refractivity contribution is -0.141. The Bertz CT molecular complexity index is 477. The molecule has 0 aliphatic heterocycles. The molecular weight excluding hydrogens is 252 g/mol. The van der Waals surface area contributed by atoms with Gasteiger partial charge in [-0.25, -0.2) is 0 Å². The van der Waals surface area contributed by atoms with E-state index in [4.69, 9.17) is 10.5 Å². The van der Waals surface area contributed by atoms with Crippen LogP contribution in [0.3, 0.4) is 0 Å². The van der Waals surface area contributed by atoms with Crippen molar-refractivity contribution in [1.29, 1.82) is 0 Å². The average molecular weight is 276 g/mol. The zero-order chi connectivity index (χ0) is 14.8. The van der Waals surface area contributed by atoms with E-state index in [2.05, 4.69) is 0 Å². The molecule has 0 heterocycles. The standard InChI is InChI=1S/C16H24N2O2/c1-4-18(5-2)15(19)16(10-13(17)11-16)12-7-6-8-14(9-12)20-3/h6-9,13H,4-5,10-11,17H2,1-3H3. The summed E-state index contributed by atoms with van der Waals surface area (Å²) in [7, 11) is 1.64. The van der Waals surface area contributed by atoms with Crippen molar-refractivity contribution in [3.05, 3.63) is 29.8 Å². The van der Waals surface area contributed by atoms with E-state index in [1.807, 2.05) is 43.0 Å². The van der Waals surface area contributed by atoms with Crippen LogP contribution in [0.2, 0.25) is 0 Å². The van der Waals surface area contributed by atoms with Gasteiger partial charge in [-0.2, -0.15) is 0 Å². The van der Waals surface area contributed by atoms with Crippen LogP contribution in [-0.2, 0) is 10.2 Å². The number of carbonyl (C=O) groups excluding carboxylic acids is 1. The Kier molecular flexibility index (Phi) is 4.33. The van der Waals surface area contributed by atoms with Gasteiger partial charge in [-0.1, -0.05) is 12.1 Å². The highest BCUT2D eigenvalue weighted by atomic mass is 16.5. The molecular formula is C16H24N2O2. The van der Waals surface area contributed by atoms with Crippen molar-refractivity contribution >= 4 is 5.91 Å². The first-order chi connectivity index (χ1) is 9.57. The van der Waals surface area contributed by atoms with Crippen LogP contribution in [0.15, 0.2) is 24.3 Å². The molecule has 0 atom stereocenters. The van der Waals surface area contributed by atoms with Gasteiger partial charge >= 0.3 is 0 Å². The van der Waals surface area contributed by atoms with E-state index >= 15 is 0 Å². The van der Waals surface area contributed by atoms with Gasteiger partial charge in [0.15, 0.2) is 0 Å². The van der Waals surface area contributed by atoms with Crippen molar-refractivity contribution in [3.63, 3.8) is 0 Å². The molecule has 20 heavy (non-hydrogen) atoms. The minimum absolute atomic E-state index is 0.112. The molecule has 0 radical (unpaired) electrons. The maximum Gasteiger partial charge on any atom is 0.233 e. The maximum atomic E-state index is 12.9. The van der Waals surface area contributed by atoms with Crippen LogP contribution in [0, 0.1) is 0 Å². The molecule has 4 nitrogen and oxygen atoms in total. The second-order valence-electron chi connectivity index (χ2n) is 5.46. The van der Waals surface area contributed by atoms with Crippen LogP contribution in [0.25, 0.3) is 0 Å². The Hall–Kier alpha value is -1.55. The first kappa shape index (κ1) is 14.9. The molecule has 0 saturated heterocycles. The average Bonchev–Trinajstić information content (AvgIpc) is 2.44. The number of carbonyl (C=O) groups is 1. The minimum atomic E-state index is -0.458. The number of nitrogens with two attached hydrogens (primary N) is 1. The summed E-state index contributed by atoms with van der Waals surface area (Å²) >= 11 is 0. The quantitative estimate of drug-likeness (QED) is 0.894. The van der Waals surface area contributed by atoms with Gasteiger partial charge < -0.3 is 15.4 Å². The predicted molar refractivity (Wildman–Crippen MR) is 79.8 cm³/mol. The number of benzene rings is 1. The Morgan fingerprint density at radius 2 is 2.05 bits per heavy atom. The fraction of sp³-hybridized carbons (Fsp3) is 0.562. The third-order valence-corrected chi connectivity index (χ3v) is 4.30. The number of rotatable bonds is 5. The molecule has 1 aliphatic rings. The van der Waals surface area contributed by atoms with E-state index in [1.165, 1.54) is 0 Å². The van der Waals surface area contributed by atoms with Crippen LogP contribution in [0.5, 0.6) is 5.75 Å². The van der Waals surface area contributed by atoms with E-state index in [9.17, 15) is 4.79 Å².